The van der Waals surface area contributed by atoms with E-state index in [1.165, 1.54) is 0 Å². The highest BCUT2D eigenvalue weighted by molar-refractivity contribution is 5.96. The lowest BCUT2D eigenvalue weighted by molar-refractivity contribution is -0.119. The van der Waals surface area contributed by atoms with Crippen LogP contribution >= 0.6 is 0 Å². The number of amides is 1. The van der Waals surface area contributed by atoms with Crippen LogP contribution in [0.1, 0.15) is 12.0 Å². The van der Waals surface area contributed by atoms with Crippen LogP contribution in [0.25, 0.3) is 0 Å². The lowest BCUT2D eigenvalue weighted by Gasteiger charge is -2.22. The summed E-state index contributed by atoms with van der Waals surface area (Å²) in [6, 6.07) is 14.3. The van der Waals surface area contributed by atoms with E-state index in [1.807, 2.05) is 54.6 Å². The second-order valence-corrected chi connectivity index (χ2v) is 5.98. The molecule has 26 heavy (non-hydrogen) atoms. The molecule has 0 saturated heterocycles. The molecule has 0 aromatic heterocycles. The minimum Gasteiger partial charge on any atom is -0.497 e. The van der Waals surface area contributed by atoms with Crippen LogP contribution < -0.4 is 20.1 Å². The molecule has 2 aromatic carbocycles. The zero-order valence-electron chi connectivity index (χ0n) is 15.4. The van der Waals surface area contributed by atoms with E-state index in [0.29, 0.717) is 13.0 Å². The summed E-state index contributed by atoms with van der Waals surface area (Å²) < 4.78 is 10.8. The molecule has 0 aliphatic heterocycles. The third-order valence-electron chi connectivity index (χ3n) is 4.05. The molecule has 0 bridgehead atoms. The highest BCUT2D eigenvalue weighted by Gasteiger charge is 2.20. The molecule has 0 spiro atoms. The number of hydrogen-bond acceptors (Lipinski definition) is 4. The van der Waals surface area contributed by atoms with Gasteiger partial charge in [-0.2, -0.15) is 0 Å². The molecule has 0 saturated carbocycles. The van der Waals surface area contributed by atoms with Crippen molar-refractivity contribution in [2.75, 3.05) is 25.7 Å². The number of methoxy groups -OCH3 is 1. The molecule has 0 heterocycles. The molecule has 0 aliphatic rings. The average Bonchev–Trinajstić information content (AvgIpc) is 2.67. The molecule has 5 nitrogen and oxygen atoms in total. The number of nitrogens with zero attached hydrogens (tertiary/aromatic N) is 1. The average molecular weight is 354 g/mol. The fraction of sp³-hybridized carbons (Fsp3) is 0.286. The Kier molecular flexibility index (Phi) is 7.24. The summed E-state index contributed by atoms with van der Waals surface area (Å²) >= 11 is 0. The SMILES string of the molecule is C=CCCOc1cccc(CC(N)C(=O)N(C)c2ccc(OC)cc2)c1. The maximum absolute atomic E-state index is 12.6. The fourth-order valence-corrected chi connectivity index (χ4v) is 2.55. The Labute approximate surface area is 155 Å². The highest BCUT2D eigenvalue weighted by Crippen LogP contribution is 2.20. The monoisotopic (exact) mass is 354 g/mol. The minimum absolute atomic E-state index is 0.145. The molecule has 138 valence electrons. The first-order chi connectivity index (χ1) is 12.5. The van der Waals surface area contributed by atoms with Gasteiger partial charge >= 0.3 is 0 Å². The van der Waals surface area contributed by atoms with Gasteiger partial charge in [-0.15, -0.1) is 6.58 Å². The van der Waals surface area contributed by atoms with Crippen LogP contribution in [0.2, 0.25) is 0 Å². The van der Waals surface area contributed by atoms with Gasteiger partial charge < -0.3 is 20.1 Å². The van der Waals surface area contributed by atoms with E-state index in [9.17, 15) is 4.79 Å². The molecule has 0 fully saturated rings. The zero-order valence-corrected chi connectivity index (χ0v) is 15.4. The van der Waals surface area contributed by atoms with Crippen molar-refractivity contribution >= 4 is 11.6 Å². The van der Waals surface area contributed by atoms with Gasteiger partial charge in [0.25, 0.3) is 0 Å². The second-order valence-electron chi connectivity index (χ2n) is 5.98. The molecule has 1 amide bonds. The number of anilines is 1. The molecule has 1 atom stereocenters. The Balaban J connectivity index is 1.99. The van der Waals surface area contributed by atoms with Gasteiger partial charge in [0, 0.05) is 12.7 Å². The summed E-state index contributed by atoms with van der Waals surface area (Å²) in [4.78, 5) is 14.2. The summed E-state index contributed by atoms with van der Waals surface area (Å²) in [6.07, 6.45) is 3.04. The van der Waals surface area contributed by atoms with Crippen LogP contribution in [-0.4, -0.2) is 32.7 Å². The molecule has 1 unspecified atom stereocenters. The van der Waals surface area contributed by atoms with E-state index >= 15 is 0 Å². The lowest BCUT2D eigenvalue weighted by Crippen LogP contribution is -2.43. The van der Waals surface area contributed by atoms with E-state index < -0.39 is 6.04 Å². The van der Waals surface area contributed by atoms with Gasteiger partial charge in [-0.05, 0) is 54.8 Å². The van der Waals surface area contributed by atoms with Crippen molar-refractivity contribution in [1.82, 2.24) is 0 Å². The van der Waals surface area contributed by atoms with Crippen LogP contribution in [0.4, 0.5) is 5.69 Å². The van der Waals surface area contributed by atoms with Crippen LogP contribution in [-0.2, 0) is 11.2 Å². The minimum atomic E-state index is -0.634. The van der Waals surface area contributed by atoms with Crippen molar-refractivity contribution in [2.45, 2.75) is 18.9 Å². The predicted octanol–water partition coefficient (Wildman–Crippen LogP) is 3.18. The maximum atomic E-state index is 12.6. The number of rotatable bonds is 9. The van der Waals surface area contributed by atoms with E-state index in [4.69, 9.17) is 15.2 Å². The maximum Gasteiger partial charge on any atom is 0.243 e. The van der Waals surface area contributed by atoms with Gasteiger partial charge in [-0.1, -0.05) is 18.2 Å². The van der Waals surface area contributed by atoms with Crippen molar-refractivity contribution in [3.8, 4) is 11.5 Å². The third-order valence-corrected chi connectivity index (χ3v) is 4.05. The van der Waals surface area contributed by atoms with Gasteiger partial charge in [0.1, 0.15) is 11.5 Å². The van der Waals surface area contributed by atoms with Crippen molar-refractivity contribution in [3.05, 3.63) is 66.7 Å². The van der Waals surface area contributed by atoms with Crippen LogP contribution in [0.15, 0.2) is 61.2 Å². The Hall–Kier alpha value is -2.79. The zero-order chi connectivity index (χ0) is 18.9. The van der Waals surface area contributed by atoms with Crippen molar-refractivity contribution in [2.24, 2.45) is 5.73 Å². The number of nitrogens with two attached hydrogens (primary N) is 1. The first kappa shape index (κ1) is 19.5. The summed E-state index contributed by atoms with van der Waals surface area (Å²) in [6.45, 7) is 4.26. The Bertz CT molecular complexity index is 728. The van der Waals surface area contributed by atoms with E-state index in [-0.39, 0.29) is 5.91 Å². The summed E-state index contributed by atoms with van der Waals surface area (Å²) in [7, 11) is 3.33. The molecule has 0 aliphatic carbocycles. The third kappa shape index (κ3) is 5.36. The smallest absolute Gasteiger partial charge is 0.243 e. The summed E-state index contributed by atoms with van der Waals surface area (Å²) in [5, 5.41) is 0. The summed E-state index contributed by atoms with van der Waals surface area (Å²) in [5.41, 5.74) is 7.88. The number of carbonyl (C=O) groups is 1. The molecular weight excluding hydrogens is 328 g/mol. The van der Waals surface area contributed by atoms with E-state index in [0.717, 1.165) is 29.2 Å². The van der Waals surface area contributed by atoms with Crippen molar-refractivity contribution in [1.29, 1.82) is 0 Å². The Morgan fingerprint density at radius 3 is 2.62 bits per heavy atom. The topological polar surface area (TPSA) is 64.8 Å². The van der Waals surface area contributed by atoms with E-state index in [1.54, 1.807) is 19.1 Å². The number of likely N-dealkylation sites (N-methyl/N-ethyl adjacent to an activating group) is 1. The molecule has 0 radical (unpaired) electrons. The van der Waals surface area contributed by atoms with Gasteiger partial charge in [0.2, 0.25) is 5.91 Å². The number of carbonyl (C=O) groups excluding carboxylic acids is 1. The standard InChI is InChI=1S/C21H26N2O3/c1-4-5-13-26-19-8-6-7-16(14-19)15-20(22)21(24)23(2)17-9-11-18(25-3)12-10-17/h4,6-12,14,20H,1,5,13,15,22H2,2-3H3. The predicted molar refractivity (Wildman–Crippen MR) is 105 cm³/mol. The van der Waals surface area contributed by atoms with Crippen LogP contribution in [0, 0.1) is 0 Å². The van der Waals surface area contributed by atoms with Gasteiger partial charge in [0.15, 0.2) is 0 Å². The number of benzene rings is 2. The molecule has 5 heteroatoms. The lowest BCUT2D eigenvalue weighted by atomic mass is 10.0. The second kappa shape index (κ2) is 9.63. The first-order valence-corrected chi connectivity index (χ1v) is 8.55. The van der Waals surface area contributed by atoms with Crippen LogP contribution in [0.3, 0.4) is 0 Å². The highest BCUT2D eigenvalue weighted by atomic mass is 16.5. The molecule has 2 N–H and O–H groups in total. The van der Waals surface area contributed by atoms with E-state index in [2.05, 4.69) is 6.58 Å². The number of ether oxygens (including phenoxy) is 2. The molecule has 2 rings (SSSR count). The first-order valence-electron chi connectivity index (χ1n) is 8.55. The largest absolute Gasteiger partial charge is 0.497 e. The summed E-state index contributed by atoms with van der Waals surface area (Å²) in [5.74, 6) is 1.37. The quantitative estimate of drug-likeness (QED) is 0.555. The van der Waals surface area contributed by atoms with Gasteiger partial charge in [-0.3, -0.25) is 4.79 Å². The Morgan fingerprint density at radius 1 is 1.23 bits per heavy atom. The fourth-order valence-electron chi connectivity index (χ4n) is 2.55. The van der Waals surface area contributed by atoms with Crippen molar-refractivity contribution in [3.63, 3.8) is 0 Å². The molecular formula is C21H26N2O3. The van der Waals surface area contributed by atoms with Crippen LogP contribution in [0.5, 0.6) is 11.5 Å². The Morgan fingerprint density at radius 2 is 1.96 bits per heavy atom. The number of hydrogen-bond donors (Lipinski definition) is 1. The van der Waals surface area contributed by atoms with Crippen molar-refractivity contribution < 1.29 is 14.3 Å². The van der Waals surface area contributed by atoms with Gasteiger partial charge in [-0.25, -0.2) is 0 Å². The van der Waals surface area contributed by atoms with Gasteiger partial charge in [0.05, 0.1) is 19.8 Å². The molecule has 2 aromatic rings. The normalized spacial score (nSPS) is 11.5.